The first-order chi connectivity index (χ1) is 10.2. The van der Waals surface area contributed by atoms with Crippen molar-refractivity contribution in [1.82, 2.24) is 9.97 Å². The monoisotopic (exact) mass is 286 g/mol. The van der Waals surface area contributed by atoms with Gasteiger partial charge in [0.2, 0.25) is 0 Å². The van der Waals surface area contributed by atoms with Gasteiger partial charge in [-0.3, -0.25) is 0 Å². The normalized spacial score (nSPS) is 10.2. The van der Waals surface area contributed by atoms with Gasteiger partial charge in [0.05, 0.1) is 12.3 Å². The molecule has 0 spiro atoms. The first-order valence-electron chi connectivity index (χ1n) is 7.31. The number of anilines is 3. The van der Waals surface area contributed by atoms with E-state index in [1.807, 2.05) is 44.2 Å². The van der Waals surface area contributed by atoms with Crippen molar-refractivity contribution in [3.63, 3.8) is 0 Å². The quantitative estimate of drug-likeness (QED) is 0.811. The molecule has 0 fully saturated rings. The van der Waals surface area contributed by atoms with Crippen LogP contribution in [0.25, 0.3) is 0 Å². The Labute approximate surface area is 125 Å². The van der Waals surface area contributed by atoms with Gasteiger partial charge >= 0.3 is 0 Å². The van der Waals surface area contributed by atoms with E-state index in [4.69, 9.17) is 4.74 Å². The zero-order valence-corrected chi connectivity index (χ0v) is 12.8. The third kappa shape index (κ3) is 4.34. The summed E-state index contributed by atoms with van der Waals surface area (Å²) < 4.78 is 5.61. The topological polar surface area (TPSA) is 59.1 Å². The molecular weight excluding hydrogens is 264 g/mol. The number of ether oxygens (including phenoxy) is 1. The van der Waals surface area contributed by atoms with Crippen molar-refractivity contribution in [2.45, 2.75) is 27.2 Å². The number of benzene rings is 1. The molecule has 0 saturated heterocycles. The summed E-state index contributed by atoms with van der Waals surface area (Å²) in [5, 5.41) is 6.58. The number of hydrogen-bond donors (Lipinski definition) is 2. The van der Waals surface area contributed by atoms with Crippen molar-refractivity contribution < 1.29 is 4.74 Å². The molecule has 0 saturated carbocycles. The standard InChI is InChI=1S/C16H22N4O/c1-4-10-17-15-11-16(19-12(3)18-15)20-13-8-6-7-9-14(13)21-5-2/h6-9,11H,4-5,10H2,1-3H3,(H2,17,18,19,20). The minimum absolute atomic E-state index is 0.630. The second-order valence-electron chi connectivity index (χ2n) is 4.67. The summed E-state index contributed by atoms with van der Waals surface area (Å²) in [5.41, 5.74) is 0.902. The lowest BCUT2D eigenvalue weighted by Crippen LogP contribution is -2.06. The van der Waals surface area contributed by atoms with Crippen molar-refractivity contribution in [3.8, 4) is 5.75 Å². The summed E-state index contributed by atoms with van der Waals surface area (Å²) >= 11 is 0. The van der Waals surface area contributed by atoms with Crippen LogP contribution in [0.3, 0.4) is 0 Å². The average molecular weight is 286 g/mol. The van der Waals surface area contributed by atoms with Crippen LogP contribution < -0.4 is 15.4 Å². The molecule has 0 unspecified atom stereocenters. The van der Waals surface area contributed by atoms with Gasteiger partial charge in [0.15, 0.2) is 0 Å². The molecule has 0 amide bonds. The highest BCUT2D eigenvalue weighted by Gasteiger charge is 2.06. The molecule has 0 aliphatic rings. The van der Waals surface area contributed by atoms with Crippen LogP contribution in [0.4, 0.5) is 17.3 Å². The first kappa shape index (κ1) is 15.1. The summed E-state index contributed by atoms with van der Waals surface area (Å²) in [6.45, 7) is 7.50. The van der Waals surface area contributed by atoms with Crippen LogP contribution in [-0.4, -0.2) is 23.1 Å². The number of nitrogens with zero attached hydrogens (tertiary/aromatic N) is 2. The Bertz CT molecular complexity index is 586. The maximum Gasteiger partial charge on any atom is 0.142 e. The van der Waals surface area contributed by atoms with Crippen LogP contribution in [0.1, 0.15) is 26.1 Å². The van der Waals surface area contributed by atoms with E-state index in [1.54, 1.807) is 0 Å². The van der Waals surface area contributed by atoms with Crippen LogP contribution in [0.5, 0.6) is 5.75 Å². The minimum atomic E-state index is 0.630. The van der Waals surface area contributed by atoms with E-state index in [-0.39, 0.29) is 0 Å². The number of rotatable bonds is 7. The molecule has 1 heterocycles. The molecular formula is C16H22N4O. The van der Waals surface area contributed by atoms with Crippen molar-refractivity contribution in [2.75, 3.05) is 23.8 Å². The maximum absolute atomic E-state index is 5.61. The molecule has 1 aromatic carbocycles. The predicted octanol–water partition coefficient (Wildman–Crippen LogP) is 3.75. The average Bonchev–Trinajstić information content (AvgIpc) is 2.47. The lowest BCUT2D eigenvalue weighted by Gasteiger charge is -2.13. The van der Waals surface area contributed by atoms with Gasteiger partial charge in [-0.15, -0.1) is 0 Å². The van der Waals surface area contributed by atoms with Gasteiger partial charge in [-0.1, -0.05) is 19.1 Å². The SMILES string of the molecule is CCCNc1cc(Nc2ccccc2OCC)nc(C)n1. The van der Waals surface area contributed by atoms with Gasteiger partial charge in [-0.25, -0.2) is 9.97 Å². The second kappa shape index (κ2) is 7.47. The smallest absolute Gasteiger partial charge is 0.142 e. The molecule has 21 heavy (non-hydrogen) atoms. The second-order valence-corrected chi connectivity index (χ2v) is 4.67. The van der Waals surface area contributed by atoms with Gasteiger partial charge in [-0.05, 0) is 32.4 Å². The molecule has 0 radical (unpaired) electrons. The van der Waals surface area contributed by atoms with E-state index in [0.717, 1.165) is 41.9 Å². The summed E-state index contributed by atoms with van der Waals surface area (Å²) in [4.78, 5) is 8.80. The summed E-state index contributed by atoms with van der Waals surface area (Å²) in [5.74, 6) is 3.14. The number of para-hydroxylation sites is 2. The third-order valence-corrected chi connectivity index (χ3v) is 2.84. The molecule has 0 bridgehead atoms. The van der Waals surface area contributed by atoms with E-state index in [9.17, 15) is 0 Å². The van der Waals surface area contributed by atoms with Gasteiger partial charge < -0.3 is 15.4 Å². The Kier molecular flexibility index (Phi) is 5.37. The van der Waals surface area contributed by atoms with Crippen molar-refractivity contribution >= 4 is 17.3 Å². The fraction of sp³-hybridized carbons (Fsp3) is 0.375. The van der Waals surface area contributed by atoms with Gasteiger partial charge in [-0.2, -0.15) is 0 Å². The van der Waals surface area contributed by atoms with E-state index < -0.39 is 0 Å². The molecule has 2 aromatic rings. The fourth-order valence-corrected chi connectivity index (χ4v) is 1.96. The third-order valence-electron chi connectivity index (χ3n) is 2.84. The van der Waals surface area contributed by atoms with E-state index in [0.29, 0.717) is 6.61 Å². The Hall–Kier alpha value is -2.30. The first-order valence-corrected chi connectivity index (χ1v) is 7.31. The highest BCUT2D eigenvalue weighted by molar-refractivity contribution is 5.65. The molecule has 0 aliphatic heterocycles. The van der Waals surface area contributed by atoms with Crippen LogP contribution in [-0.2, 0) is 0 Å². The zero-order chi connectivity index (χ0) is 15.1. The Morgan fingerprint density at radius 2 is 1.86 bits per heavy atom. The van der Waals surface area contributed by atoms with E-state index in [2.05, 4.69) is 27.5 Å². The van der Waals surface area contributed by atoms with Crippen LogP contribution in [0, 0.1) is 6.92 Å². The van der Waals surface area contributed by atoms with Crippen LogP contribution >= 0.6 is 0 Å². The van der Waals surface area contributed by atoms with Gasteiger partial charge in [0.25, 0.3) is 0 Å². The van der Waals surface area contributed by atoms with Crippen LogP contribution in [0.15, 0.2) is 30.3 Å². The maximum atomic E-state index is 5.61. The largest absolute Gasteiger partial charge is 0.492 e. The number of nitrogens with one attached hydrogen (secondary N) is 2. The van der Waals surface area contributed by atoms with Crippen molar-refractivity contribution in [3.05, 3.63) is 36.2 Å². The Balaban J connectivity index is 2.21. The fourth-order valence-electron chi connectivity index (χ4n) is 1.96. The molecule has 2 rings (SSSR count). The molecule has 0 aliphatic carbocycles. The summed E-state index contributed by atoms with van der Waals surface area (Å²) in [7, 11) is 0. The highest BCUT2D eigenvalue weighted by atomic mass is 16.5. The van der Waals surface area contributed by atoms with Gasteiger partial charge in [0.1, 0.15) is 23.2 Å². The summed E-state index contributed by atoms with van der Waals surface area (Å²) in [6.07, 6.45) is 1.05. The summed E-state index contributed by atoms with van der Waals surface area (Å²) in [6, 6.07) is 9.74. The predicted molar refractivity (Wildman–Crippen MR) is 86.4 cm³/mol. The van der Waals surface area contributed by atoms with Crippen molar-refractivity contribution in [2.24, 2.45) is 0 Å². The highest BCUT2D eigenvalue weighted by Crippen LogP contribution is 2.27. The molecule has 5 heteroatoms. The minimum Gasteiger partial charge on any atom is -0.492 e. The van der Waals surface area contributed by atoms with E-state index >= 15 is 0 Å². The number of aromatic nitrogens is 2. The molecule has 2 N–H and O–H groups in total. The number of aryl methyl sites for hydroxylation is 1. The van der Waals surface area contributed by atoms with Gasteiger partial charge in [0, 0.05) is 12.6 Å². The molecule has 112 valence electrons. The van der Waals surface area contributed by atoms with E-state index in [1.165, 1.54) is 0 Å². The lowest BCUT2D eigenvalue weighted by molar-refractivity contribution is 0.342. The molecule has 0 atom stereocenters. The van der Waals surface area contributed by atoms with Crippen molar-refractivity contribution in [1.29, 1.82) is 0 Å². The number of hydrogen-bond acceptors (Lipinski definition) is 5. The zero-order valence-electron chi connectivity index (χ0n) is 12.8. The Morgan fingerprint density at radius 3 is 2.62 bits per heavy atom. The molecule has 1 aromatic heterocycles. The lowest BCUT2D eigenvalue weighted by atomic mass is 10.3. The molecule has 5 nitrogen and oxygen atoms in total. The van der Waals surface area contributed by atoms with Crippen LogP contribution in [0.2, 0.25) is 0 Å². The Morgan fingerprint density at radius 1 is 1.10 bits per heavy atom.